The van der Waals surface area contributed by atoms with E-state index in [1.807, 2.05) is 0 Å². The molecule has 0 aliphatic carbocycles. The van der Waals surface area contributed by atoms with Gasteiger partial charge in [0.15, 0.2) is 0 Å². The second kappa shape index (κ2) is 5.08. The van der Waals surface area contributed by atoms with Gasteiger partial charge in [0.2, 0.25) is 0 Å². The van der Waals surface area contributed by atoms with Gasteiger partial charge in [-0.05, 0) is 30.7 Å². The van der Waals surface area contributed by atoms with Crippen molar-refractivity contribution >= 4 is 17.9 Å². The zero-order valence-corrected chi connectivity index (χ0v) is 11.4. The van der Waals surface area contributed by atoms with Crippen LogP contribution < -0.4 is 10.6 Å². The van der Waals surface area contributed by atoms with Crippen molar-refractivity contribution in [1.82, 2.24) is 0 Å². The molecule has 1 heterocycles. The molecule has 0 fully saturated rings. The highest BCUT2D eigenvalue weighted by Crippen LogP contribution is 2.58. The van der Waals surface area contributed by atoms with E-state index >= 15 is 0 Å². The maximum absolute atomic E-state index is 2.39. The summed E-state index contributed by atoms with van der Waals surface area (Å²) in [5.41, 5.74) is 0. The van der Waals surface area contributed by atoms with Gasteiger partial charge in [-0.25, -0.2) is 0 Å². The van der Waals surface area contributed by atoms with E-state index in [-0.39, 0.29) is 0 Å². The summed E-state index contributed by atoms with van der Waals surface area (Å²) in [4.78, 5) is 0. The molecule has 90 valence electrons. The number of rotatable bonds is 2. The van der Waals surface area contributed by atoms with Crippen molar-refractivity contribution in [3.8, 4) is 0 Å². The topological polar surface area (TPSA) is 0 Å². The summed E-state index contributed by atoms with van der Waals surface area (Å²) < 4.78 is 0. The lowest BCUT2D eigenvalue weighted by molar-refractivity contribution is 1.19. The van der Waals surface area contributed by atoms with Crippen LogP contribution in [0.1, 0.15) is 6.42 Å². The Hall–Kier alpha value is -1.39. The Morgan fingerprint density at radius 2 is 1.22 bits per heavy atom. The van der Waals surface area contributed by atoms with E-state index in [1.54, 1.807) is 10.6 Å². The Kier molecular flexibility index (Phi) is 3.30. The van der Waals surface area contributed by atoms with Crippen molar-refractivity contribution in [2.24, 2.45) is 0 Å². The molecule has 0 saturated heterocycles. The minimum Gasteiger partial charge on any atom is -0.0813 e. The number of benzene rings is 2. The van der Waals surface area contributed by atoms with Gasteiger partial charge in [-0.2, -0.15) is 0 Å². The van der Waals surface area contributed by atoms with Gasteiger partial charge in [0, 0.05) is 0 Å². The van der Waals surface area contributed by atoms with Crippen LogP contribution in [0.2, 0.25) is 0 Å². The highest BCUT2D eigenvalue weighted by atomic mass is 31.2. The average Bonchev–Trinajstić information content (AvgIpc) is 2.50. The first-order valence-electron chi connectivity index (χ1n) is 6.55. The van der Waals surface area contributed by atoms with Crippen LogP contribution >= 0.6 is 7.26 Å². The van der Waals surface area contributed by atoms with Crippen molar-refractivity contribution < 1.29 is 0 Å². The van der Waals surface area contributed by atoms with Gasteiger partial charge < -0.3 is 0 Å². The molecular formula is C17H18P+. The SMILES string of the molecule is C1=CC[P+](c2ccccc2)(c2ccccc2)CC1. The average molecular weight is 253 g/mol. The van der Waals surface area contributed by atoms with E-state index in [0.717, 1.165) is 0 Å². The van der Waals surface area contributed by atoms with Crippen LogP contribution in [-0.4, -0.2) is 12.3 Å². The maximum Gasteiger partial charge on any atom is 0.0995 e. The number of hydrogen-bond donors (Lipinski definition) is 0. The van der Waals surface area contributed by atoms with E-state index in [2.05, 4.69) is 72.8 Å². The molecule has 0 bridgehead atoms. The van der Waals surface area contributed by atoms with Gasteiger partial charge in [-0.1, -0.05) is 48.6 Å². The lowest BCUT2D eigenvalue weighted by Crippen LogP contribution is -2.28. The predicted octanol–water partition coefficient (Wildman–Crippen LogP) is 3.61. The van der Waals surface area contributed by atoms with Crippen LogP contribution in [0.5, 0.6) is 0 Å². The number of hydrogen-bond acceptors (Lipinski definition) is 0. The monoisotopic (exact) mass is 253 g/mol. The quantitative estimate of drug-likeness (QED) is 0.566. The fourth-order valence-corrected chi connectivity index (χ4v) is 6.81. The van der Waals surface area contributed by atoms with Gasteiger partial charge in [0.05, 0.1) is 30.2 Å². The zero-order valence-electron chi connectivity index (χ0n) is 10.5. The summed E-state index contributed by atoms with van der Waals surface area (Å²) in [6.45, 7) is 0. The van der Waals surface area contributed by atoms with Crippen molar-refractivity contribution in [2.75, 3.05) is 12.3 Å². The molecule has 0 N–H and O–H groups in total. The third kappa shape index (κ3) is 2.02. The highest BCUT2D eigenvalue weighted by molar-refractivity contribution is 7.89. The van der Waals surface area contributed by atoms with E-state index in [1.165, 1.54) is 18.7 Å². The van der Waals surface area contributed by atoms with E-state index in [4.69, 9.17) is 0 Å². The third-order valence-corrected chi connectivity index (χ3v) is 8.19. The van der Waals surface area contributed by atoms with Crippen LogP contribution in [0.15, 0.2) is 72.8 Å². The molecular weight excluding hydrogens is 235 g/mol. The Labute approximate surface area is 110 Å². The smallest absolute Gasteiger partial charge is 0.0813 e. The minimum absolute atomic E-state index is 1.18. The Balaban J connectivity index is 2.13. The summed E-state index contributed by atoms with van der Waals surface area (Å²) in [7, 11) is -1.18. The minimum atomic E-state index is -1.18. The van der Waals surface area contributed by atoms with Crippen LogP contribution in [-0.2, 0) is 0 Å². The van der Waals surface area contributed by atoms with Gasteiger partial charge in [-0.15, -0.1) is 0 Å². The second-order valence-electron chi connectivity index (χ2n) is 4.81. The van der Waals surface area contributed by atoms with Gasteiger partial charge in [-0.3, -0.25) is 0 Å². The van der Waals surface area contributed by atoms with E-state index in [0.29, 0.717) is 0 Å². The standard InChI is InChI=1S/C17H18P/c1-4-10-16(11-5-1)18(14-8-3-9-15-18)17-12-6-2-7-13-17/h1-8,10-13H,9,14-15H2/q+1. The van der Waals surface area contributed by atoms with Crippen molar-refractivity contribution in [2.45, 2.75) is 6.42 Å². The maximum atomic E-state index is 2.39. The van der Waals surface area contributed by atoms with Crippen LogP contribution in [0, 0.1) is 0 Å². The van der Waals surface area contributed by atoms with E-state index in [9.17, 15) is 0 Å². The Morgan fingerprint density at radius 3 is 1.67 bits per heavy atom. The Morgan fingerprint density at radius 1 is 0.667 bits per heavy atom. The second-order valence-corrected chi connectivity index (χ2v) is 8.59. The molecule has 0 nitrogen and oxygen atoms in total. The van der Waals surface area contributed by atoms with Gasteiger partial charge in [0.1, 0.15) is 0 Å². The summed E-state index contributed by atoms with van der Waals surface area (Å²) in [5.74, 6) is 0. The lowest BCUT2D eigenvalue weighted by Gasteiger charge is -2.28. The Bertz CT molecular complexity index is 489. The normalized spacial score (nSPS) is 17.6. The van der Waals surface area contributed by atoms with Crippen molar-refractivity contribution in [3.63, 3.8) is 0 Å². The number of allylic oxidation sites excluding steroid dienone is 2. The largest absolute Gasteiger partial charge is 0.0995 e. The van der Waals surface area contributed by atoms with Gasteiger partial charge in [0.25, 0.3) is 0 Å². The molecule has 0 unspecified atom stereocenters. The summed E-state index contributed by atoms with van der Waals surface area (Å²) in [6.07, 6.45) is 8.48. The fourth-order valence-electron chi connectivity index (χ4n) is 2.80. The predicted molar refractivity (Wildman–Crippen MR) is 82.6 cm³/mol. The first-order valence-corrected chi connectivity index (χ1v) is 8.71. The van der Waals surface area contributed by atoms with Crippen LogP contribution in [0.25, 0.3) is 0 Å². The van der Waals surface area contributed by atoms with Crippen molar-refractivity contribution in [3.05, 3.63) is 72.8 Å². The summed E-state index contributed by atoms with van der Waals surface area (Å²) >= 11 is 0. The molecule has 1 aliphatic heterocycles. The van der Waals surface area contributed by atoms with Crippen LogP contribution in [0.4, 0.5) is 0 Å². The van der Waals surface area contributed by atoms with Crippen LogP contribution in [0.3, 0.4) is 0 Å². The first kappa shape index (κ1) is 11.7. The lowest BCUT2D eigenvalue weighted by atomic mass is 10.4. The highest BCUT2D eigenvalue weighted by Gasteiger charge is 2.41. The molecule has 2 aromatic rings. The molecule has 18 heavy (non-hydrogen) atoms. The summed E-state index contributed by atoms with van der Waals surface area (Å²) in [5, 5.41) is 3.11. The molecule has 0 radical (unpaired) electrons. The molecule has 3 rings (SSSR count). The first-order chi connectivity index (χ1) is 8.92. The molecule has 0 aromatic heterocycles. The molecule has 0 saturated carbocycles. The molecule has 1 heteroatoms. The molecule has 1 aliphatic rings. The molecule has 0 spiro atoms. The third-order valence-electron chi connectivity index (χ3n) is 3.76. The van der Waals surface area contributed by atoms with Gasteiger partial charge >= 0.3 is 0 Å². The fraction of sp³-hybridized carbons (Fsp3) is 0.176. The van der Waals surface area contributed by atoms with Crippen molar-refractivity contribution in [1.29, 1.82) is 0 Å². The zero-order chi connectivity index (χ0) is 12.3. The summed E-state index contributed by atoms with van der Waals surface area (Å²) in [6, 6.07) is 22.2. The van der Waals surface area contributed by atoms with E-state index < -0.39 is 7.26 Å². The molecule has 0 amide bonds. The molecule has 0 atom stereocenters. The molecule has 2 aromatic carbocycles.